The maximum atomic E-state index is 13.7. The highest BCUT2D eigenvalue weighted by Gasteiger charge is 2.25. The molecule has 1 aromatic heterocycles. The van der Waals surface area contributed by atoms with Gasteiger partial charge in [-0.05, 0) is 68.4 Å². The Labute approximate surface area is 224 Å². The van der Waals surface area contributed by atoms with Gasteiger partial charge in [-0.15, -0.1) is 0 Å². The Morgan fingerprint density at radius 3 is 2.14 bits per heavy atom. The number of thiazole rings is 1. The highest BCUT2D eigenvalue weighted by atomic mass is 32.2. The van der Waals surface area contributed by atoms with Crippen molar-refractivity contribution in [3.63, 3.8) is 0 Å². The molecule has 0 saturated carbocycles. The van der Waals surface area contributed by atoms with E-state index in [1.807, 2.05) is 32.0 Å². The number of amides is 1. The average Bonchev–Trinajstić information content (AvgIpc) is 3.33. The van der Waals surface area contributed by atoms with Crippen LogP contribution in [0.4, 0.5) is 5.13 Å². The van der Waals surface area contributed by atoms with Gasteiger partial charge in [0.2, 0.25) is 10.0 Å². The molecule has 1 heterocycles. The van der Waals surface area contributed by atoms with Crippen LogP contribution in [0.2, 0.25) is 0 Å². The van der Waals surface area contributed by atoms with Crippen molar-refractivity contribution < 1.29 is 17.9 Å². The third-order valence-corrected chi connectivity index (χ3v) is 9.23. The highest BCUT2D eigenvalue weighted by molar-refractivity contribution is 7.89. The van der Waals surface area contributed by atoms with Crippen molar-refractivity contribution in [1.82, 2.24) is 14.2 Å². The number of methoxy groups -OCH3 is 1. The predicted octanol–water partition coefficient (Wildman–Crippen LogP) is 5.10. The van der Waals surface area contributed by atoms with E-state index in [9.17, 15) is 13.2 Å². The summed E-state index contributed by atoms with van der Waals surface area (Å²) in [5.74, 6) is 0.529. The number of carbonyl (C=O) groups excluding carboxylic acids is 1. The van der Waals surface area contributed by atoms with Gasteiger partial charge >= 0.3 is 0 Å². The van der Waals surface area contributed by atoms with Crippen LogP contribution in [0.3, 0.4) is 0 Å². The number of sulfonamides is 1. The molecule has 2 aromatic carbocycles. The van der Waals surface area contributed by atoms with Crippen molar-refractivity contribution in [1.29, 1.82) is 0 Å². The molecule has 0 N–H and O–H groups in total. The minimum absolute atomic E-state index is 0.202. The van der Waals surface area contributed by atoms with Gasteiger partial charge in [-0.1, -0.05) is 39.0 Å². The van der Waals surface area contributed by atoms with Gasteiger partial charge in [-0.3, -0.25) is 9.69 Å². The number of fused-ring (bicyclic) bond motifs is 1. The first-order valence-corrected chi connectivity index (χ1v) is 15.1. The largest absolute Gasteiger partial charge is 0.497 e. The summed E-state index contributed by atoms with van der Waals surface area (Å²) in [5.41, 5.74) is 1.22. The molecule has 10 heteroatoms. The Morgan fingerprint density at radius 1 is 0.919 bits per heavy atom. The maximum absolute atomic E-state index is 13.7. The summed E-state index contributed by atoms with van der Waals surface area (Å²) in [7, 11) is -1.99. The van der Waals surface area contributed by atoms with Crippen molar-refractivity contribution in [3.8, 4) is 5.75 Å². The van der Waals surface area contributed by atoms with Crippen LogP contribution in [-0.4, -0.2) is 74.9 Å². The molecule has 1 amide bonds. The Bertz CT molecular complexity index is 1270. The second-order valence-corrected chi connectivity index (χ2v) is 11.7. The van der Waals surface area contributed by atoms with Gasteiger partial charge in [0.25, 0.3) is 5.91 Å². The zero-order valence-corrected chi connectivity index (χ0v) is 24.1. The second-order valence-electron chi connectivity index (χ2n) is 8.74. The van der Waals surface area contributed by atoms with E-state index >= 15 is 0 Å². The third-order valence-electron chi connectivity index (χ3n) is 6.28. The van der Waals surface area contributed by atoms with Crippen molar-refractivity contribution in [2.45, 2.75) is 45.4 Å². The lowest BCUT2D eigenvalue weighted by molar-refractivity contribution is 0.0983. The number of aromatic nitrogens is 1. The summed E-state index contributed by atoms with van der Waals surface area (Å²) in [6.07, 6.45) is 1.48. The Balaban J connectivity index is 1.93. The summed E-state index contributed by atoms with van der Waals surface area (Å²) < 4.78 is 34.1. The molecule has 0 atom stereocenters. The van der Waals surface area contributed by atoms with Crippen molar-refractivity contribution in [2.24, 2.45) is 0 Å². The van der Waals surface area contributed by atoms with E-state index < -0.39 is 10.0 Å². The van der Waals surface area contributed by atoms with Gasteiger partial charge in [-0.2, -0.15) is 4.31 Å². The molecule has 0 spiro atoms. The molecule has 0 radical (unpaired) electrons. The molecule has 3 aromatic rings. The van der Waals surface area contributed by atoms with Crippen molar-refractivity contribution >= 4 is 42.6 Å². The summed E-state index contributed by atoms with van der Waals surface area (Å²) >= 11 is 1.44. The normalized spacial score (nSPS) is 12.0. The zero-order valence-electron chi connectivity index (χ0n) is 22.4. The first-order valence-electron chi connectivity index (χ1n) is 12.9. The Morgan fingerprint density at radius 2 is 1.57 bits per heavy atom. The molecule has 0 bridgehead atoms. The number of hydrogen-bond donors (Lipinski definition) is 0. The van der Waals surface area contributed by atoms with Gasteiger partial charge in [0, 0.05) is 31.7 Å². The van der Waals surface area contributed by atoms with Crippen LogP contribution in [0.25, 0.3) is 10.2 Å². The van der Waals surface area contributed by atoms with E-state index in [1.165, 1.54) is 27.8 Å². The number of anilines is 1. The van der Waals surface area contributed by atoms with Crippen molar-refractivity contribution in [3.05, 3.63) is 48.0 Å². The topological polar surface area (TPSA) is 83.1 Å². The molecule has 0 aliphatic carbocycles. The monoisotopic (exact) mass is 546 g/mol. The maximum Gasteiger partial charge on any atom is 0.260 e. The number of hydrogen-bond acceptors (Lipinski definition) is 7. The van der Waals surface area contributed by atoms with Crippen LogP contribution >= 0.6 is 11.3 Å². The molecule has 3 rings (SSSR count). The van der Waals surface area contributed by atoms with Crippen LogP contribution in [0.1, 0.15) is 50.9 Å². The molecule has 0 unspecified atom stereocenters. The lowest BCUT2D eigenvalue weighted by Crippen LogP contribution is -2.39. The van der Waals surface area contributed by atoms with Gasteiger partial charge in [0.15, 0.2) is 5.13 Å². The fourth-order valence-electron chi connectivity index (χ4n) is 4.13. The van der Waals surface area contributed by atoms with E-state index in [-0.39, 0.29) is 10.8 Å². The van der Waals surface area contributed by atoms with Crippen LogP contribution < -0.4 is 9.64 Å². The number of benzene rings is 2. The molecule has 8 nitrogen and oxygen atoms in total. The minimum Gasteiger partial charge on any atom is -0.497 e. The number of rotatable bonds is 14. The van der Waals surface area contributed by atoms with Crippen LogP contribution in [0.5, 0.6) is 5.75 Å². The molecule has 37 heavy (non-hydrogen) atoms. The Kier molecular flexibility index (Phi) is 10.5. The standard InChI is InChI=1S/C27H38N4O4S2/c1-6-16-30(17-7-2)37(33,34)23-13-10-21(11-14-23)26(32)31(19-18-29(8-3)9-4)27-28-24-15-12-22(35-5)20-25(24)36-27/h10-15,20H,6-9,16-19H2,1-5H3. The SMILES string of the molecule is CCCN(CCC)S(=O)(=O)c1ccc(C(=O)N(CCN(CC)CC)c2nc3ccc(OC)cc3s2)cc1. The number of likely N-dealkylation sites (N-methyl/N-ethyl adjacent to an activating group) is 1. The van der Waals surface area contributed by atoms with Crippen LogP contribution in [0, 0.1) is 0 Å². The van der Waals surface area contributed by atoms with Gasteiger partial charge in [-0.25, -0.2) is 13.4 Å². The Hall–Kier alpha value is -2.53. The number of nitrogens with zero attached hydrogens (tertiary/aromatic N) is 4. The van der Waals surface area contributed by atoms with Crippen LogP contribution in [0.15, 0.2) is 47.4 Å². The summed E-state index contributed by atoms with van der Waals surface area (Å²) in [5, 5.41) is 0.606. The lowest BCUT2D eigenvalue weighted by atomic mass is 10.2. The lowest BCUT2D eigenvalue weighted by Gasteiger charge is -2.25. The second kappa shape index (κ2) is 13.3. The van der Waals surface area contributed by atoms with Gasteiger partial charge in [0.1, 0.15) is 5.75 Å². The van der Waals surface area contributed by atoms with Crippen molar-refractivity contribution in [2.75, 3.05) is 51.3 Å². The van der Waals surface area contributed by atoms with Gasteiger partial charge in [0.05, 0.1) is 22.2 Å². The molecule has 0 aliphatic heterocycles. The number of ether oxygens (including phenoxy) is 1. The molecule has 202 valence electrons. The highest BCUT2D eigenvalue weighted by Crippen LogP contribution is 2.32. The quantitative estimate of drug-likeness (QED) is 0.280. The van der Waals surface area contributed by atoms with E-state index in [1.54, 1.807) is 24.1 Å². The van der Waals surface area contributed by atoms with E-state index in [0.29, 0.717) is 36.9 Å². The molecular formula is C27H38N4O4S2. The molecule has 0 aliphatic rings. The van der Waals surface area contributed by atoms with Crippen LogP contribution in [-0.2, 0) is 10.0 Å². The molecule has 0 fully saturated rings. The first-order chi connectivity index (χ1) is 17.8. The first kappa shape index (κ1) is 29.0. The minimum atomic E-state index is -3.61. The fraction of sp³-hybridized carbons (Fsp3) is 0.481. The number of carbonyl (C=O) groups is 1. The van der Waals surface area contributed by atoms with E-state index in [0.717, 1.165) is 41.9 Å². The smallest absolute Gasteiger partial charge is 0.260 e. The summed E-state index contributed by atoms with van der Waals surface area (Å²) in [4.78, 5) is 22.6. The van der Waals surface area contributed by atoms with E-state index in [4.69, 9.17) is 9.72 Å². The average molecular weight is 547 g/mol. The molecule has 0 saturated heterocycles. The van der Waals surface area contributed by atoms with E-state index in [2.05, 4.69) is 18.7 Å². The fourth-order valence-corrected chi connectivity index (χ4v) is 6.77. The third kappa shape index (κ3) is 6.87. The zero-order chi connectivity index (χ0) is 27.0. The predicted molar refractivity (Wildman–Crippen MR) is 151 cm³/mol. The van der Waals surface area contributed by atoms with Gasteiger partial charge < -0.3 is 9.64 Å². The summed E-state index contributed by atoms with van der Waals surface area (Å²) in [6, 6.07) is 11.9. The molecular weight excluding hydrogens is 508 g/mol. The summed E-state index contributed by atoms with van der Waals surface area (Å²) in [6.45, 7) is 12.0.